The number of benzene rings is 2. The zero-order valence-corrected chi connectivity index (χ0v) is 18.3. The minimum Gasteiger partial charge on any atom is -0.493 e. The van der Waals surface area contributed by atoms with Gasteiger partial charge < -0.3 is 14.4 Å². The highest BCUT2D eigenvalue weighted by Gasteiger charge is 2.35. The van der Waals surface area contributed by atoms with Crippen LogP contribution in [0.15, 0.2) is 42.5 Å². The van der Waals surface area contributed by atoms with Gasteiger partial charge in [-0.15, -0.1) is 0 Å². The monoisotopic (exact) mass is 435 g/mol. The summed E-state index contributed by atoms with van der Waals surface area (Å²) in [5.74, 6) is 0.999. The Balaban J connectivity index is 1.49. The molecule has 1 aromatic heterocycles. The third kappa shape index (κ3) is 3.42. The van der Waals surface area contributed by atoms with Crippen LogP contribution in [-0.2, 0) is 12.8 Å². The topological polar surface area (TPSA) is 56.6 Å². The lowest BCUT2D eigenvalue weighted by molar-refractivity contribution is 0.0728. The van der Waals surface area contributed by atoms with E-state index >= 15 is 0 Å². The molecule has 1 fully saturated rings. The molecule has 0 spiro atoms. The van der Waals surface area contributed by atoms with E-state index in [-0.39, 0.29) is 17.8 Å². The van der Waals surface area contributed by atoms with Gasteiger partial charge in [-0.05, 0) is 74.1 Å². The Hall–Kier alpha value is -3.35. The molecule has 32 heavy (non-hydrogen) atoms. The Labute approximate surface area is 186 Å². The van der Waals surface area contributed by atoms with E-state index in [0.717, 1.165) is 54.6 Å². The number of hydrogen-bond donors (Lipinski definition) is 0. The van der Waals surface area contributed by atoms with Crippen LogP contribution in [0.2, 0.25) is 0 Å². The molecular weight excluding hydrogens is 409 g/mol. The van der Waals surface area contributed by atoms with E-state index in [0.29, 0.717) is 23.7 Å². The predicted molar refractivity (Wildman–Crippen MR) is 118 cm³/mol. The number of fused-ring (bicyclic) bond motifs is 1. The number of nitrogens with zero attached hydrogens (tertiary/aromatic N) is 3. The maximum Gasteiger partial charge on any atom is 0.275 e. The number of hydrogen-bond acceptors (Lipinski definition) is 4. The number of ether oxygens (including phenoxy) is 2. The summed E-state index contributed by atoms with van der Waals surface area (Å²) in [7, 11) is 3.23. The molecule has 6 nitrogen and oxygen atoms in total. The first-order chi connectivity index (χ1) is 15.6. The van der Waals surface area contributed by atoms with Crippen molar-refractivity contribution >= 4 is 5.91 Å². The van der Waals surface area contributed by atoms with Gasteiger partial charge in [0.25, 0.3) is 5.91 Å². The van der Waals surface area contributed by atoms with Crippen molar-refractivity contribution in [2.75, 3.05) is 20.8 Å². The van der Waals surface area contributed by atoms with Gasteiger partial charge in [0.15, 0.2) is 17.2 Å². The third-order valence-corrected chi connectivity index (χ3v) is 6.51. The highest BCUT2D eigenvalue weighted by molar-refractivity contribution is 5.95. The molecule has 2 heterocycles. The second-order valence-corrected chi connectivity index (χ2v) is 8.29. The zero-order chi connectivity index (χ0) is 22.2. The predicted octanol–water partition coefficient (Wildman–Crippen LogP) is 4.49. The Morgan fingerprint density at radius 2 is 1.81 bits per heavy atom. The Bertz CT molecular complexity index is 1160. The van der Waals surface area contributed by atoms with Crippen LogP contribution < -0.4 is 9.47 Å². The molecule has 2 aliphatic rings. The standard InChI is InChI=1S/C25H26FN3O3/c1-31-22-13-8-16(15-23(22)32-2)20-7-4-14-28(20)25(30)24-19-5-3-6-21(19)29(27-24)18-11-9-17(26)10-12-18/h8-13,15,20H,3-7,14H2,1-2H3/t20-/m1/s1. The molecular formula is C25H26FN3O3. The molecule has 0 saturated carbocycles. The van der Waals surface area contributed by atoms with E-state index in [4.69, 9.17) is 14.6 Å². The summed E-state index contributed by atoms with van der Waals surface area (Å²) < 4.78 is 26.1. The summed E-state index contributed by atoms with van der Waals surface area (Å²) in [5.41, 5.74) is 4.41. The van der Waals surface area contributed by atoms with Crippen LogP contribution in [0.3, 0.4) is 0 Å². The summed E-state index contributed by atoms with van der Waals surface area (Å²) in [5, 5.41) is 4.72. The van der Waals surface area contributed by atoms with Gasteiger partial charge >= 0.3 is 0 Å². The summed E-state index contributed by atoms with van der Waals surface area (Å²) in [6.45, 7) is 0.691. The molecule has 0 unspecified atom stereocenters. The van der Waals surface area contributed by atoms with Crippen molar-refractivity contribution in [1.82, 2.24) is 14.7 Å². The van der Waals surface area contributed by atoms with Crippen molar-refractivity contribution in [3.05, 3.63) is 70.8 Å². The lowest BCUT2D eigenvalue weighted by Crippen LogP contribution is -2.31. The van der Waals surface area contributed by atoms with Crippen molar-refractivity contribution in [3.63, 3.8) is 0 Å². The number of halogens is 1. The Morgan fingerprint density at radius 1 is 1.03 bits per heavy atom. The molecule has 1 aliphatic heterocycles. The summed E-state index contributed by atoms with van der Waals surface area (Å²) in [4.78, 5) is 15.6. The normalized spacial score (nSPS) is 17.5. The van der Waals surface area contributed by atoms with E-state index in [1.807, 2.05) is 27.8 Å². The number of carbonyl (C=O) groups excluding carboxylic acids is 1. The number of rotatable bonds is 5. The van der Waals surface area contributed by atoms with Crippen molar-refractivity contribution in [2.45, 2.75) is 38.1 Å². The largest absolute Gasteiger partial charge is 0.493 e. The minimum atomic E-state index is -0.288. The molecule has 2 aromatic carbocycles. The molecule has 0 radical (unpaired) electrons. The average Bonchev–Trinajstić information content (AvgIpc) is 3.55. The molecule has 7 heteroatoms. The van der Waals surface area contributed by atoms with Gasteiger partial charge in [0.1, 0.15) is 5.82 Å². The molecule has 166 valence electrons. The van der Waals surface area contributed by atoms with Crippen LogP contribution in [0.25, 0.3) is 5.69 Å². The summed E-state index contributed by atoms with van der Waals surface area (Å²) >= 11 is 0. The summed E-state index contributed by atoms with van der Waals surface area (Å²) in [6.07, 6.45) is 4.53. The molecule has 1 atom stereocenters. The number of carbonyl (C=O) groups is 1. The molecule has 1 saturated heterocycles. The van der Waals surface area contributed by atoms with Gasteiger partial charge in [0, 0.05) is 17.8 Å². The van der Waals surface area contributed by atoms with Crippen LogP contribution in [0, 0.1) is 5.82 Å². The Morgan fingerprint density at radius 3 is 2.56 bits per heavy atom. The van der Waals surface area contributed by atoms with E-state index in [2.05, 4.69) is 0 Å². The fourth-order valence-corrected chi connectivity index (χ4v) is 4.96. The second kappa shape index (κ2) is 8.30. The van der Waals surface area contributed by atoms with Gasteiger partial charge in [-0.25, -0.2) is 9.07 Å². The van der Waals surface area contributed by atoms with Gasteiger partial charge in [0.2, 0.25) is 0 Å². The maximum atomic E-state index is 13.7. The molecule has 1 aliphatic carbocycles. The van der Waals surface area contributed by atoms with Crippen molar-refractivity contribution < 1.29 is 18.7 Å². The van der Waals surface area contributed by atoms with Crippen LogP contribution in [-0.4, -0.2) is 41.4 Å². The van der Waals surface area contributed by atoms with E-state index < -0.39 is 0 Å². The molecule has 1 amide bonds. The first kappa shape index (κ1) is 20.5. The molecule has 5 rings (SSSR count). The Kier molecular flexibility index (Phi) is 5.33. The second-order valence-electron chi connectivity index (χ2n) is 8.29. The number of aromatic nitrogens is 2. The smallest absolute Gasteiger partial charge is 0.275 e. The van der Waals surface area contributed by atoms with Crippen LogP contribution in [0.4, 0.5) is 4.39 Å². The van der Waals surface area contributed by atoms with E-state index in [1.165, 1.54) is 12.1 Å². The van der Waals surface area contributed by atoms with Gasteiger partial charge in [-0.3, -0.25) is 4.79 Å². The lowest BCUT2D eigenvalue weighted by Gasteiger charge is -2.25. The third-order valence-electron chi connectivity index (χ3n) is 6.51. The highest BCUT2D eigenvalue weighted by Crippen LogP contribution is 2.38. The fourth-order valence-electron chi connectivity index (χ4n) is 4.96. The quantitative estimate of drug-likeness (QED) is 0.592. The lowest BCUT2D eigenvalue weighted by atomic mass is 10.0. The van der Waals surface area contributed by atoms with Crippen LogP contribution in [0.5, 0.6) is 11.5 Å². The minimum absolute atomic E-state index is 0.0321. The molecule has 3 aromatic rings. The maximum absolute atomic E-state index is 13.7. The van der Waals surface area contributed by atoms with Crippen molar-refractivity contribution in [2.24, 2.45) is 0 Å². The molecule has 0 bridgehead atoms. The number of amides is 1. The first-order valence-corrected chi connectivity index (χ1v) is 11.0. The van der Waals surface area contributed by atoms with E-state index in [9.17, 15) is 9.18 Å². The number of methoxy groups -OCH3 is 2. The van der Waals surface area contributed by atoms with E-state index in [1.54, 1.807) is 26.4 Å². The molecule has 0 N–H and O–H groups in total. The van der Waals surface area contributed by atoms with Gasteiger partial charge in [0.05, 0.1) is 25.9 Å². The number of likely N-dealkylation sites (tertiary alicyclic amines) is 1. The zero-order valence-electron chi connectivity index (χ0n) is 18.3. The van der Waals surface area contributed by atoms with Crippen LogP contribution in [0.1, 0.15) is 52.6 Å². The van der Waals surface area contributed by atoms with Crippen LogP contribution >= 0.6 is 0 Å². The first-order valence-electron chi connectivity index (χ1n) is 11.0. The SMILES string of the molecule is COc1ccc([C@H]2CCCN2C(=O)c2nn(-c3ccc(F)cc3)c3c2CCC3)cc1OC. The van der Waals surface area contributed by atoms with Crippen molar-refractivity contribution in [3.8, 4) is 17.2 Å². The fraction of sp³-hybridized carbons (Fsp3) is 0.360. The highest BCUT2D eigenvalue weighted by atomic mass is 19.1. The summed E-state index contributed by atoms with van der Waals surface area (Å²) in [6, 6.07) is 12.1. The average molecular weight is 435 g/mol. The van der Waals surface area contributed by atoms with Crippen molar-refractivity contribution in [1.29, 1.82) is 0 Å². The van der Waals surface area contributed by atoms with Gasteiger partial charge in [-0.1, -0.05) is 6.07 Å². The van der Waals surface area contributed by atoms with Gasteiger partial charge in [-0.2, -0.15) is 5.10 Å².